The van der Waals surface area contributed by atoms with E-state index in [1.165, 1.54) is 6.07 Å². The van der Waals surface area contributed by atoms with Crippen molar-refractivity contribution in [1.82, 2.24) is 9.55 Å². The van der Waals surface area contributed by atoms with Gasteiger partial charge in [-0.3, -0.25) is 14.2 Å². The summed E-state index contributed by atoms with van der Waals surface area (Å²) in [5.41, 5.74) is 1.74. The first-order chi connectivity index (χ1) is 13.3. The van der Waals surface area contributed by atoms with E-state index in [1.807, 2.05) is 25.1 Å². The van der Waals surface area contributed by atoms with E-state index in [0.717, 1.165) is 22.3 Å². The van der Waals surface area contributed by atoms with Crippen molar-refractivity contribution in [3.8, 4) is 0 Å². The molecule has 0 atom stereocenters. The Bertz CT molecular complexity index is 1080. The van der Waals surface area contributed by atoms with E-state index in [-0.39, 0.29) is 18.2 Å². The van der Waals surface area contributed by atoms with Crippen LogP contribution in [0.1, 0.15) is 11.3 Å². The Morgan fingerprint density at radius 2 is 1.75 bits per heavy atom. The van der Waals surface area contributed by atoms with Crippen LogP contribution in [0.5, 0.6) is 0 Å². The second kappa shape index (κ2) is 7.99. The maximum Gasteiger partial charge on any atom is 0.255 e. The molecule has 8 heteroatoms. The summed E-state index contributed by atoms with van der Waals surface area (Å²) >= 11 is 0. The van der Waals surface area contributed by atoms with Crippen LogP contribution >= 0.6 is 0 Å². The Morgan fingerprint density at radius 3 is 2.43 bits per heavy atom. The summed E-state index contributed by atoms with van der Waals surface area (Å²) in [7, 11) is 0. The van der Waals surface area contributed by atoms with Crippen LogP contribution < -0.4 is 16.2 Å². The lowest BCUT2D eigenvalue weighted by atomic mass is 10.2. The lowest BCUT2D eigenvalue weighted by Crippen LogP contribution is -2.30. The van der Waals surface area contributed by atoms with Crippen molar-refractivity contribution < 1.29 is 13.6 Å². The second-order valence-electron chi connectivity index (χ2n) is 6.35. The molecule has 3 rings (SSSR count). The van der Waals surface area contributed by atoms with Gasteiger partial charge in [0.2, 0.25) is 11.9 Å². The molecule has 0 bridgehead atoms. The van der Waals surface area contributed by atoms with E-state index < -0.39 is 23.1 Å². The highest BCUT2D eigenvalue weighted by Gasteiger charge is 2.13. The monoisotopic (exact) mass is 384 g/mol. The van der Waals surface area contributed by atoms with Crippen molar-refractivity contribution in [2.75, 3.05) is 10.6 Å². The average Bonchev–Trinajstić information content (AvgIpc) is 2.57. The fourth-order valence-corrected chi connectivity index (χ4v) is 2.69. The first-order valence-corrected chi connectivity index (χ1v) is 8.48. The van der Waals surface area contributed by atoms with Gasteiger partial charge in [-0.25, -0.2) is 13.8 Å². The third kappa shape index (κ3) is 4.79. The zero-order valence-electron chi connectivity index (χ0n) is 15.3. The lowest BCUT2D eigenvalue weighted by molar-refractivity contribution is -0.116. The summed E-state index contributed by atoms with van der Waals surface area (Å²) in [6.45, 7) is 3.22. The molecule has 2 aromatic carbocycles. The molecule has 28 heavy (non-hydrogen) atoms. The molecule has 0 fully saturated rings. The molecule has 0 radical (unpaired) electrons. The SMILES string of the molecule is Cc1cccc(Nc2nc(C)cc(=O)n2CC(=O)Nc2cc(F)cc(F)c2)c1. The number of nitrogens with one attached hydrogen (secondary N) is 2. The third-order valence-corrected chi connectivity index (χ3v) is 3.86. The van der Waals surface area contributed by atoms with Gasteiger partial charge in [-0.15, -0.1) is 0 Å². The first-order valence-electron chi connectivity index (χ1n) is 8.48. The van der Waals surface area contributed by atoms with Gasteiger partial charge in [0.15, 0.2) is 0 Å². The highest BCUT2D eigenvalue weighted by molar-refractivity contribution is 5.90. The summed E-state index contributed by atoms with van der Waals surface area (Å²) in [4.78, 5) is 29.0. The number of carbonyl (C=O) groups excluding carboxylic acids is 1. The topological polar surface area (TPSA) is 76.0 Å². The van der Waals surface area contributed by atoms with Crippen LogP contribution in [0.2, 0.25) is 0 Å². The van der Waals surface area contributed by atoms with E-state index in [0.29, 0.717) is 17.4 Å². The molecule has 2 N–H and O–H groups in total. The summed E-state index contributed by atoms with van der Waals surface area (Å²) in [5, 5.41) is 5.41. The van der Waals surface area contributed by atoms with Gasteiger partial charge < -0.3 is 10.6 Å². The summed E-state index contributed by atoms with van der Waals surface area (Å²) in [6.07, 6.45) is 0. The molecule has 1 amide bonds. The Hall–Kier alpha value is -3.55. The van der Waals surface area contributed by atoms with Crippen LogP contribution in [0.4, 0.5) is 26.1 Å². The van der Waals surface area contributed by atoms with Gasteiger partial charge in [0, 0.05) is 29.2 Å². The third-order valence-electron chi connectivity index (χ3n) is 3.86. The van der Waals surface area contributed by atoms with Gasteiger partial charge in [0.25, 0.3) is 5.56 Å². The van der Waals surface area contributed by atoms with Crippen molar-refractivity contribution in [2.45, 2.75) is 20.4 Å². The fourth-order valence-electron chi connectivity index (χ4n) is 2.69. The minimum atomic E-state index is -0.814. The summed E-state index contributed by atoms with van der Waals surface area (Å²) in [6, 6.07) is 11.4. The number of hydrogen-bond acceptors (Lipinski definition) is 4. The second-order valence-corrected chi connectivity index (χ2v) is 6.35. The molecule has 1 aromatic heterocycles. The summed E-state index contributed by atoms with van der Waals surface area (Å²) < 4.78 is 27.7. The van der Waals surface area contributed by atoms with Gasteiger partial charge in [-0.1, -0.05) is 12.1 Å². The largest absolute Gasteiger partial charge is 0.326 e. The van der Waals surface area contributed by atoms with Crippen molar-refractivity contribution >= 4 is 23.2 Å². The zero-order chi connectivity index (χ0) is 20.3. The highest BCUT2D eigenvalue weighted by Crippen LogP contribution is 2.16. The Morgan fingerprint density at radius 1 is 1.04 bits per heavy atom. The number of aryl methyl sites for hydroxylation is 2. The molecule has 6 nitrogen and oxygen atoms in total. The van der Waals surface area contributed by atoms with Crippen LogP contribution in [-0.4, -0.2) is 15.5 Å². The van der Waals surface area contributed by atoms with E-state index in [4.69, 9.17) is 0 Å². The molecule has 144 valence electrons. The number of hydrogen-bond donors (Lipinski definition) is 2. The summed E-state index contributed by atoms with van der Waals surface area (Å²) in [5.74, 6) is -2.06. The van der Waals surface area contributed by atoms with E-state index in [1.54, 1.807) is 13.0 Å². The van der Waals surface area contributed by atoms with Gasteiger partial charge in [-0.2, -0.15) is 0 Å². The Labute approximate surface area is 159 Å². The van der Waals surface area contributed by atoms with Crippen LogP contribution in [0.25, 0.3) is 0 Å². The van der Waals surface area contributed by atoms with Gasteiger partial charge in [0.05, 0.1) is 0 Å². The Kier molecular flexibility index (Phi) is 5.49. The molecule has 3 aromatic rings. The molecule has 0 aliphatic carbocycles. The van der Waals surface area contributed by atoms with Crippen molar-refractivity contribution in [1.29, 1.82) is 0 Å². The molecule has 0 aliphatic heterocycles. The van der Waals surface area contributed by atoms with E-state index >= 15 is 0 Å². The molecule has 0 aliphatic rings. The van der Waals surface area contributed by atoms with Crippen molar-refractivity contribution in [3.05, 3.63) is 81.8 Å². The van der Waals surface area contributed by atoms with Crippen molar-refractivity contribution in [2.24, 2.45) is 0 Å². The minimum Gasteiger partial charge on any atom is -0.326 e. The molecule has 0 spiro atoms. The number of amides is 1. The van der Waals surface area contributed by atoms with Gasteiger partial charge in [0.1, 0.15) is 18.2 Å². The molecule has 0 saturated heterocycles. The van der Waals surface area contributed by atoms with E-state index in [2.05, 4.69) is 15.6 Å². The average molecular weight is 384 g/mol. The highest BCUT2D eigenvalue weighted by atomic mass is 19.1. The van der Waals surface area contributed by atoms with E-state index in [9.17, 15) is 18.4 Å². The standard InChI is InChI=1S/C20H18F2N4O2/c1-12-4-3-5-16(6-12)25-20-23-13(2)7-19(28)26(20)11-18(27)24-17-9-14(21)8-15(22)10-17/h3-10H,11H2,1-2H3,(H,23,25)(H,24,27). The first kappa shape index (κ1) is 19.2. The number of carbonyl (C=O) groups is 1. The fraction of sp³-hybridized carbons (Fsp3) is 0.150. The lowest BCUT2D eigenvalue weighted by Gasteiger charge is -2.14. The maximum atomic E-state index is 13.3. The number of rotatable bonds is 5. The number of nitrogens with zero attached hydrogens (tertiary/aromatic N) is 2. The van der Waals surface area contributed by atoms with Gasteiger partial charge >= 0.3 is 0 Å². The molecule has 0 saturated carbocycles. The normalized spacial score (nSPS) is 10.6. The van der Waals surface area contributed by atoms with Crippen molar-refractivity contribution in [3.63, 3.8) is 0 Å². The molecule has 0 unspecified atom stereocenters. The maximum absolute atomic E-state index is 13.3. The zero-order valence-corrected chi connectivity index (χ0v) is 15.3. The van der Waals surface area contributed by atoms with Gasteiger partial charge in [-0.05, 0) is 43.7 Å². The predicted octanol–water partition coefficient (Wildman–Crippen LogP) is 3.52. The minimum absolute atomic E-state index is 0.0381. The van der Waals surface area contributed by atoms with Crippen LogP contribution in [-0.2, 0) is 11.3 Å². The molecular weight excluding hydrogens is 366 g/mol. The van der Waals surface area contributed by atoms with Crippen LogP contribution in [0.15, 0.2) is 53.3 Å². The molecule has 1 heterocycles. The number of halogens is 2. The quantitative estimate of drug-likeness (QED) is 0.706. The van der Waals surface area contributed by atoms with Crippen LogP contribution in [0.3, 0.4) is 0 Å². The number of benzene rings is 2. The van der Waals surface area contributed by atoms with Crippen LogP contribution in [0, 0.1) is 25.5 Å². The number of aromatic nitrogens is 2. The predicted molar refractivity (Wildman–Crippen MR) is 103 cm³/mol. The number of anilines is 3. The Balaban J connectivity index is 1.86. The molecular formula is C20H18F2N4O2. The smallest absolute Gasteiger partial charge is 0.255 e.